The van der Waals surface area contributed by atoms with Gasteiger partial charge in [0, 0.05) is 35.4 Å². The van der Waals surface area contributed by atoms with Gasteiger partial charge in [0.15, 0.2) is 0 Å². The number of rotatable bonds is 8. The highest BCUT2D eigenvalue weighted by Crippen LogP contribution is 2.25. The van der Waals surface area contributed by atoms with Gasteiger partial charge in [0.25, 0.3) is 5.91 Å². The summed E-state index contributed by atoms with van der Waals surface area (Å²) in [5, 5.41) is 5.77. The minimum absolute atomic E-state index is 0.00952. The maximum Gasteiger partial charge on any atom is 0.411 e. The van der Waals surface area contributed by atoms with E-state index >= 15 is 0 Å². The fraction of sp³-hybridized carbons (Fsp3) is 0.261. The van der Waals surface area contributed by atoms with Crippen LogP contribution < -0.4 is 16.4 Å². The molecule has 0 radical (unpaired) electrons. The second-order valence-corrected chi connectivity index (χ2v) is 8.16. The predicted molar refractivity (Wildman–Crippen MR) is 123 cm³/mol. The van der Waals surface area contributed by atoms with Crippen LogP contribution in [0.15, 0.2) is 53.5 Å². The van der Waals surface area contributed by atoms with Crippen LogP contribution in [0, 0.1) is 11.7 Å². The highest BCUT2D eigenvalue weighted by molar-refractivity contribution is 6.30. The first kappa shape index (κ1) is 26.2. The van der Waals surface area contributed by atoms with Crippen molar-refractivity contribution in [3.63, 3.8) is 0 Å². The van der Waals surface area contributed by atoms with Crippen molar-refractivity contribution in [3.8, 4) is 0 Å². The number of carbonyl (C=O) groups is 2. The molecule has 0 spiro atoms. The lowest BCUT2D eigenvalue weighted by atomic mass is 10.1. The minimum atomic E-state index is -4.48. The number of anilines is 1. The van der Waals surface area contributed by atoms with Gasteiger partial charge in [0.1, 0.15) is 18.3 Å². The van der Waals surface area contributed by atoms with Gasteiger partial charge in [-0.15, -0.1) is 0 Å². The average molecular weight is 513 g/mol. The van der Waals surface area contributed by atoms with E-state index in [9.17, 15) is 27.2 Å². The van der Waals surface area contributed by atoms with Gasteiger partial charge in [-0.2, -0.15) is 18.2 Å². The lowest BCUT2D eigenvalue weighted by Gasteiger charge is -2.14. The monoisotopic (exact) mass is 512 g/mol. The minimum Gasteiger partial charge on any atom is -0.384 e. The zero-order chi connectivity index (χ0) is 25.6. The number of amidine groups is 1. The van der Waals surface area contributed by atoms with E-state index in [1.54, 1.807) is 0 Å². The van der Waals surface area contributed by atoms with Crippen molar-refractivity contribution in [1.82, 2.24) is 5.32 Å². The summed E-state index contributed by atoms with van der Waals surface area (Å²) in [7, 11) is 0. The Morgan fingerprint density at radius 1 is 1.26 bits per heavy atom. The first-order chi connectivity index (χ1) is 16.5. The number of amides is 2. The largest absolute Gasteiger partial charge is 0.411 e. The Bertz CT molecular complexity index is 1150. The highest BCUT2D eigenvalue weighted by atomic mass is 35.5. The van der Waals surface area contributed by atoms with Gasteiger partial charge in [0.2, 0.25) is 5.91 Å². The lowest BCUT2D eigenvalue weighted by Crippen LogP contribution is -2.20. The van der Waals surface area contributed by atoms with Crippen molar-refractivity contribution in [2.45, 2.75) is 19.2 Å². The van der Waals surface area contributed by atoms with Crippen molar-refractivity contribution in [3.05, 3.63) is 70.5 Å². The quantitative estimate of drug-likeness (QED) is 0.281. The Balaban J connectivity index is 1.90. The second kappa shape index (κ2) is 11.3. The topological polar surface area (TPSA) is 106 Å². The van der Waals surface area contributed by atoms with Crippen molar-refractivity contribution in [2.75, 3.05) is 18.5 Å². The van der Waals surface area contributed by atoms with Gasteiger partial charge in [0.05, 0.1) is 12.5 Å². The Hall–Kier alpha value is -3.44. The molecule has 35 heavy (non-hydrogen) atoms. The van der Waals surface area contributed by atoms with Gasteiger partial charge in [-0.25, -0.2) is 4.39 Å². The number of nitrogens with one attached hydrogen (secondary N) is 2. The number of nitrogens with zero attached hydrogens (tertiary/aromatic N) is 1. The maximum absolute atomic E-state index is 13.3. The van der Waals surface area contributed by atoms with Crippen LogP contribution in [0.5, 0.6) is 0 Å². The fourth-order valence-corrected chi connectivity index (χ4v) is 3.49. The zero-order valence-electron chi connectivity index (χ0n) is 18.2. The maximum atomic E-state index is 13.3. The van der Waals surface area contributed by atoms with Gasteiger partial charge in [-0.3, -0.25) is 9.59 Å². The summed E-state index contributed by atoms with van der Waals surface area (Å²) in [5.41, 5.74) is 7.45. The highest BCUT2D eigenvalue weighted by Gasteiger charge is 2.28. The number of ether oxygens (including phenoxy) is 1. The van der Waals surface area contributed by atoms with E-state index in [0.29, 0.717) is 16.8 Å². The second-order valence-electron chi connectivity index (χ2n) is 7.73. The Labute approximate surface area is 203 Å². The summed E-state index contributed by atoms with van der Waals surface area (Å²) < 4.78 is 55.3. The number of alkyl halides is 3. The Morgan fingerprint density at radius 2 is 1.97 bits per heavy atom. The molecule has 0 unspecified atom stereocenters. The molecule has 7 nitrogen and oxygen atoms in total. The number of aliphatic imine (C=N–C) groups is 1. The molecule has 1 fully saturated rings. The molecular weight excluding hydrogens is 492 g/mol. The third kappa shape index (κ3) is 8.37. The Kier molecular flexibility index (Phi) is 8.47. The van der Waals surface area contributed by atoms with E-state index in [2.05, 4.69) is 15.6 Å². The normalized spacial score (nSPS) is 16.8. The number of carbonyl (C=O) groups excluding carboxylic acids is 2. The van der Waals surface area contributed by atoms with E-state index in [4.69, 9.17) is 22.1 Å². The molecule has 3 rings (SSSR count). The molecule has 0 bridgehead atoms. The van der Waals surface area contributed by atoms with Gasteiger partial charge in [-0.05, 0) is 53.6 Å². The van der Waals surface area contributed by atoms with Crippen LogP contribution in [0.4, 0.5) is 23.2 Å². The van der Waals surface area contributed by atoms with Crippen LogP contribution >= 0.6 is 11.6 Å². The SMILES string of the molecule is NC(/C=C(\Nc1ccc(F)cc1)c1cc(Cl)cc(COCC(F)(F)F)c1)=NC(=O)[C@@H]1CNC(=O)C1. The molecular formula is C23H21ClF4N4O3. The molecule has 1 aliphatic rings. The molecule has 4 N–H and O–H groups in total. The average Bonchev–Trinajstić information content (AvgIpc) is 3.20. The van der Waals surface area contributed by atoms with E-state index < -0.39 is 30.4 Å². The fourth-order valence-electron chi connectivity index (χ4n) is 3.23. The molecule has 1 saturated heterocycles. The first-order valence-electron chi connectivity index (χ1n) is 10.3. The molecule has 2 aromatic rings. The van der Waals surface area contributed by atoms with Gasteiger partial charge in [-0.1, -0.05) is 11.6 Å². The van der Waals surface area contributed by atoms with Gasteiger partial charge >= 0.3 is 6.18 Å². The van der Waals surface area contributed by atoms with Crippen LogP contribution in [0.1, 0.15) is 17.5 Å². The molecule has 1 atom stereocenters. The van der Waals surface area contributed by atoms with Crippen molar-refractivity contribution >= 4 is 40.6 Å². The molecule has 1 aliphatic heterocycles. The van der Waals surface area contributed by atoms with Gasteiger partial charge < -0.3 is 21.1 Å². The molecule has 2 amide bonds. The summed E-state index contributed by atoms with van der Waals surface area (Å²) in [6.07, 6.45) is -3.14. The van der Waals surface area contributed by atoms with E-state index in [0.717, 1.165) is 0 Å². The van der Waals surface area contributed by atoms with E-state index in [1.165, 1.54) is 48.5 Å². The summed E-state index contributed by atoms with van der Waals surface area (Å²) in [6, 6.07) is 9.84. The summed E-state index contributed by atoms with van der Waals surface area (Å²) >= 11 is 6.17. The van der Waals surface area contributed by atoms with Crippen LogP contribution in [-0.2, 0) is 20.9 Å². The third-order valence-corrected chi connectivity index (χ3v) is 5.00. The molecule has 186 valence electrons. The molecule has 0 aromatic heterocycles. The number of hydrogen-bond acceptors (Lipinski definition) is 4. The van der Waals surface area contributed by atoms with E-state index in [1.807, 2.05) is 0 Å². The van der Waals surface area contributed by atoms with Crippen LogP contribution in [0.2, 0.25) is 5.02 Å². The number of benzene rings is 2. The summed E-state index contributed by atoms with van der Waals surface area (Å²) in [5.74, 6) is -2.12. The standard InChI is InChI=1S/C23H21ClF4N4O3/c24-16-6-13(11-35-12-23(26,27)28)5-14(7-16)19(31-18-3-1-17(25)2-4-18)9-20(29)32-22(34)15-8-21(33)30-10-15/h1-7,9,15,31H,8,10-12H2,(H,30,33)(H2,29,32,34)/b19-9-/t15-/m0/s1. The summed E-state index contributed by atoms with van der Waals surface area (Å²) in [4.78, 5) is 27.5. The number of halogens is 5. The smallest absolute Gasteiger partial charge is 0.384 e. The molecule has 0 saturated carbocycles. The lowest BCUT2D eigenvalue weighted by molar-refractivity contribution is -0.176. The van der Waals surface area contributed by atoms with Crippen LogP contribution in [0.25, 0.3) is 5.70 Å². The zero-order valence-corrected chi connectivity index (χ0v) is 18.9. The first-order valence-corrected chi connectivity index (χ1v) is 10.7. The summed E-state index contributed by atoms with van der Waals surface area (Å²) in [6.45, 7) is -1.62. The van der Waals surface area contributed by atoms with Crippen molar-refractivity contribution in [1.29, 1.82) is 0 Å². The van der Waals surface area contributed by atoms with Crippen LogP contribution in [-0.4, -0.2) is 37.0 Å². The molecule has 0 aliphatic carbocycles. The molecule has 2 aromatic carbocycles. The Morgan fingerprint density at radius 3 is 2.60 bits per heavy atom. The van der Waals surface area contributed by atoms with Crippen LogP contribution in [0.3, 0.4) is 0 Å². The van der Waals surface area contributed by atoms with Crippen molar-refractivity contribution < 1.29 is 31.9 Å². The number of nitrogens with two attached hydrogens (primary N) is 1. The van der Waals surface area contributed by atoms with E-state index in [-0.39, 0.29) is 42.0 Å². The number of hydrogen-bond donors (Lipinski definition) is 3. The van der Waals surface area contributed by atoms with Crippen molar-refractivity contribution in [2.24, 2.45) is 16.6 Å². The molecule has 1 heterocycles. The predicted octanol–water partition coefficient (Wildman–Crippen LogP) is 4.03. The molecule has 12 heteroatoms. The third-order valence-electron chi connectivity index (χ3n) is 4.78.